The quantitative estimate of drug-likeness (QED) is 0.185. The van der Waals surface area contributed by atoms with Gasteiger partial charge in [-0.05, 0) is 48.0 Å². The average Bonchev–Trinajstić information content (AvgIpc) is 3.50. The van der Waals surface area contributed by atoms with Gasteiger partial charge in [-0.3, -0.25) is 0 Å². The summed E-state index contributed by atoms with van der Waals surface area (Å²) in [6.45, 7) is 2.66. The van der Waals surface area contributed by atoms with Crippen molar-refractivity contribution in [1.29, 1.82) is 0 Å². The number of hydrogen-bond acceptors (Lipinski definition) is 6. The first-order chi connectivity index (χ1) is 18.2. The van der Waals surface area contributed by atoms with Crippen molar-refractivity contribution in [2.75, 3.05) is 38.9 Å². The van der Waals surface area contributed by atoms with Gasteiger partial charge in [0, 0.05) is 36.7 Å². The Morgan fingerprint density at radius 1 is 1.00 bits per heavy atom. The molecule has 6 nitrogen and oxygen atoms in total. The van der Waals surface area contributed by atoms with Crippen molar-refractivity contribution in [3.05, 3.63) is 89.6 Å². The SMILES string of the molecule is COCCOCC[n+]1ccc(/C=C2\Sc3cc(-c4nc5ccccc5o4)ccc3N2C)c2ccccc21. The molecule has 3 aromatic carbocycles. The number of para-hydroxylation sites is 3. The predicted molar refractivity (Wildman–Crippen MR) is 149 cm³/mol. The number of aromatic nitrogens is 2. The van der Waals surface area contributed by atoms with Crippen LogP contribution in [-0.2, 0) is 16.0 Å². The number of rotatable bonds is 8. The Bertz CT molecular complexity index is 1580. The summed E-state index contributed by atoms with van der Waals surface area (Å²) >= 11 is 1.77. The molecular weight excluding hydrogens is 482 g/mol. The lowest BCUT2D eigenvalue weighted by Crippen LogP contribution is -2.36. The lowest BCUT2D eigenvalue weighted by atomic mass is 10.1. The zero-order valence-corrected chi connectivity index (χ0v) is 21.7. The first-order valence-corrected chi connectivity index (χ1v) is 13.1. The number of oxazole rings is 1. The standard InChI is InChI=1S/C30H28N3O3S/c1-32-26-12-11-22(30-31-24-8-4-6-10-27(24)36-30)19-28(26)37-29(32)20-21-13-14-33(15-16-35-18-17-34-2)25-9-5-3-7-23(21)25/h3-14,19-20H,15-18H2,1-2H3/q+1. The number of anilines is 1. The average molecular weight is 511 g/mol. The lowest BCUT2D eigenvalue weighted by molar-refractivity contribution is -0.673. The Balaban J connectivity index is 1.27. The Labute approximate surface area is 220 Å². The molecule has 1 aliphatic rings. The molecule has 7 heteroatoms. The van der Waals surface area contributed by atoms with Gasteiger partial charge >= 0.3 is 0 Å². The lowest BCUT2D eigenvalue weighted by Gasteiger charge is -2.14. The third-order valence-corrected chi connectivity index (χ3v) is 7.70. The number of methoxy groups -OCH3 is 1. The van der Waals surface area contributed by atoms with E-state index in [4.69, 9.17) is 13.9 Å². The number of hydrogen-bond donors (Lipinski definition) is 0. The van der Waals surface area contributed by atoms with Gasteiger partial charge in [0.1, 0.15) is 12.1 Å². The van der Waals surface area contributed by atoms with Crippen molar-refractivity contribution in [2.24, 2.45) is 0 Å². The largest absolute Gasteiger partial charge is 0.436 e. The second-order valence-electron chi connectivity index (χ2n) is 8.90. The predicted octanol–water partition coefficient (Wildman–Crippen LogP) is 6.14. The Hall–Kier alpha value is -3.65. The molecule has 0 saturated heterocycles. The summed E-state index contributed by atoms with van der Waals surface area (Å²) in [6, 6.07) is 25.0. The van der Waals surface area contributed by atoms with Crippen molar-refractivity contribution in [3.63, 3.8) is 0 Å². The van der Waals surface area contributed by atoms with Gasteiger partial charge in [-0.2, -0.15) is 4.57 Å². The van der Waals surface area contributed by atoms with Gasteiger partial charge in [0.05, 0.1) is 29.3 Å². The number of thioether (sulfide) groups is 1. The molecule has 186 valence electrons. The molecule has 2 aromatic heterocycles. The normalized spacial score (nSPS) is 14.2. The highest BCUT2D eigenvalue weighted by molar-refractivity contribution is 8.03. The summed E-state index contributed by atoms with van der Waals surface area (Å²) in [5.41, 5.74) is 6.22. The minimum absolute atomic E-state index is 0.609. The number of nitrogens with zero attached hydrogens (tertiary/aromatic N) is 3. The van der Waals surface area contributed by atoms with Crippen LogP contribution in [0.2, 0.25) is 0 Å². The maximum Gasteiger partial charge on any atom is 0.227 e. The zero-order valence-electron chi connectivity index (χ0n) is 20.9. The molecule has 0 N–H and O–H groups in total. The molecule has 5 aromatic rings. The van der Waals surface area contributed by atoms with E-state index in [2.05, 4.69) is 82.3 Å². The molecule has 0 fully saturated rings. The molecule has 6 rings (SSSR count). The van der Waals surface area contributed by atoms with Crippen LogP contribution in [0.4, 0.5) is 5.69 Å². The zero-order chi connectivity index (χ0) is 25.2. The number of benzene rings is 3. The fraction of sp³-hybridized carbons (Fsp3) is 0.200. The minimum atomic E-state index is 0.609. The van der Waals surface area contributed by atoms with Crippen molar-refractivity contribution in [3.8, 4) is 11.5 Å². The third kappa shape index (κ3) is 4.73. The highest BCUT2D eigenvalue weighted by Crippen LogP contribution is 2.47. The van der Waals surface area contributed by atoms with Crippen molar-refractivity contribution < 1.29 is 18.5 Å². The van der Waals surface area contributed by atoms with Crippen molar-refractivity contribution in [2.45, 2.75) is 11.4 Å². The van der Waals surface area contributed by atoms with Gasteiger partial charge in [-0.1, -0.05) is 36.0 Å². The van der Waals surface area contributed by atoms with E-state index in [9.17, 15) is 0 Å². The van der Waals surface area contributed by atoms with E-state index in [0.29, 0.717) is 25.7 Å². The van der Waals surface area contributed by atoms with Gasteiger partial charge in [0.2, 0.25) is 11.4 Å². The monoisotopic (exact) mass is 510 g/mol. The number of ether oxygens (including phenoxy) is 2. The second kappa shape index (κ2) is 10.4. The summed E-state index contributed by atoms with van der Waals surface area (Å²) in [7, 11) is 3.81. The van der Waals surface area contributed by atoms with Crippen molar-refractivity contribution >= 4 is 45.5 Å². The molecule has 0 atom stereocenters. The van der Waals surface area contributed by atoms with Gasteiger partial charge in [-0.25, -0.2) is 4.98 Å². The van der Waals surface area contributed by atoms with Gasteiger partial charge in [0.15, 0.2) is 18.3 Å². The molecule has 1 aliphatic heterocycles. The maximum absolute atomic E-state index is 6.00. The van der Waals surface area contributed by atoms with Gasteiger partial charge in [-0.15, -0.1) is 0 Å². The molecule has 37 heavy (non-hydrogen) atoms. The molecule has 0 amide bonds. The molecule has 0 radical (unpaired) electrons. The molecule has 0 bridgehead atoms. The van der Waals surface area contributed by atoms with Crippen LogP contribution in [0.5, 0.6) is 0 Å². The summed E-state index contributed by atoms with van der Waals surface area (Å²) in [5, 5.41) is 2.39. The Morgan fingerprint density at radius 3 is 2.76 bits per heavy atom. The molecule has 0 spiro atoms. The first-order valence-electron chi connectivity index (χ1n) is 12.3. The van der Waals surface area contributed by atoms with E-state index in [1.54, 1.807) is 18.9 Å². The Morgan fingerprint density at radius 2 is 1.86 bits per heavy atom. The molecule has 0 saturated carbocycles. The van der Waals surface area contributed by atoms with Crippen LogP contribution >= 0.6 is 11.8 Å². The smallest absolute Gasteiger partial charge is 0.227 e. The van der Waals surface area contributed by atoms with Crippen LogP contribution in [0.15, 0.2) is 93.3 Å². The third-order valence-electron chi connectivity index (χ3n) is 6.55. The van der Waals surface area contributed by atoms with Crippen LogP contribution in [0, 0.1) is 0 Å². The van der Waals surface area contributed by atoms with E-state index in [1.165, 1.54) is 32.1 Å². The highest BCUT2D eigenvalue weighted by atomic mass is 32.2. The highest BCUT2D eigenvalue weighted by Gasteiger charge is 2.24. The summed E-state index contributed by atoms with van der Waals surface area (Å²) < 4.78 is 19.0. The Kier molecular flexibility index (Phi) is 6.66. The summed E-state index contributed by atoms with van der Waals surface area (Å²) in [5.74, 6) is 0.648. The second-order valence-corrected chi connectivity index (χ2v) is 9.96. The van der Waals surface area contributed by atoms with Crippen LogP contribution in [-0.4, -0.2) is 39.0 Å². The van der Waals surface area contributed by atoms with E-state index < -0.39 is 0 Å². The van der Waals surface area contributed by atoms with Crippen LogP contribution in [0.3, 0.4) is 0 Å². The fourth-order valence-electron chi connectivity index (χ4n) is 4.60. The fourth-order valence-corrected chi connectivity index (χ4v) is 5.74. The molecule has 3 heterocycles. The molecule has 0 unspecified atom stereocenters. The van der Waals surface area contributed by atoms with E-state index >= 15 is 0 Å². The van der Waals surface area contributed by atoms with Crippen LogP contribution < -0.4 is 9.47 Å². The van der Waals surface area contributed by atoms with Crippen LogP contribution in [0.1, 0.15) is 5.56 Å². The minimum Gasteiger partial charge on any atom is -0.436 e. The maximum atomic E-state index is 6.00. The van der Waals surface area contributed by atoms with E-state index in [-0.39, 0.29) is 0 Å². The van der Waals surface area contributed by atoms with Crippen LogP contribution in [0.25, 0.3) is 39.5 Å². The number of pyridine rings is 1. The summed E-state index contributed by atoms with van der Waals surface area (Å²) in [6.07, 6.45) is 4.41. The number of fused-ring (bicyclic) bond motifs is 3. The van der Waals surface area contributed by atoms with Gasteiger partial charge in [0.25, 0.3) is 0 Å². The summed E-state index contributed by atoms with van der Waals surface area (Å²) in [4.78, 5) is 8.11. The van der Waals surface area contributed by atoms with E-state index in [0.717, 1.165) is 23.2 Å². The topological polar surface area (TPSA) is 51.6 Å². The molecule has 0 aliphatic carbocycles. The van der Waals surface area contributed by atoms with Crippen molar-refractivity contribution in [1.82, 2.24) is 4.98 Å². The first kappa shape index (κ1) is 23.7. The van der Waals surface area contributed by atoms with E-state index in [1.807, 2.05) is 24.3 Å². The molecular formula is C30H28N3O3S+. The van der Waals surface area contributed by atoms with Gasteiger partial charge < -0.3 is 18.8 Å².